The SMILES string of the molecule is CC[C@@H](C(=O)N1CCN(c2ccc(NC(=O)c3ccccc3Cl)cc2C(=O)NCc2ccc(F)cc2)CC1)c1ccccc1. The topological polar surface area (TPSA) is 81.8 Å². The van der Waals surface area contributed by atoms with E-state index >= 15 is 0 Å². The van der Waals surface area contributed by atoms with Crippen LogP contribution in [0.4, 0.5) is 15.8 Å². The number of halogens is 2. The molecule has 0 aliphatic carbocycles. The van der Waals surface area contributed by atoms with Crippen LogP contribution in [0.25, 0.3) is 0 Å². The van der Waals surface area contributed by atoms with Crippen LogP contribution < -0.4 is 15.5 Å². The van der Waals surface area contributed by atoms with Gasteiger partial charge < -0.3 is 20.4 Å². The lowest BCUT2D eigenvalue weighted by molar-refractivity contribution is -0.133. The molecule has 2 N–H and O–H groups in total. The second kappa shape index (κ2) is 14.2. The van der Waals surface area contributed by atoms with E-state index in [1.807, 2.05) is 48.2 Å². The zero-order valence-corrected chi connectivity index (χ0v) is 25.2. The first kappa shape index (κ1) is 30.8. The number of rotatable bonds is 9. The summed E-state index contributed by atoms with van der Waals surface area (Å²) in [5.41, 5.74) is 3.59. The molecule has 226 valence electrons. The number of carbonyl (C=O) groups is 3. The molecular weight excluding hydrogens is 579 g/mol. The fourth-order valence-electron chi connectivity index (χ4n) is 5.42. The third-order valence-electron chi connectivity index (χ3n) is 7.82. The fourth-order valence-corrected chi connectivity index (χ4v) is 5.64. The van der Waals surface area contributed by atoms with Crippen molar-refractivity contribution in [2.75, 3.05) is 36.4 Å². The van der Waals surface area contributed by atoms with Crippen LogP contribution in [0.1, 0.15) is 51.1 Å². The van der Waals surface area contributed by atoms with Gasteiger partial charge in [-0.3, -0.25) is 14.4 Å². The number of nitrogens with one attached hydrogen (secondary N) is 2. The summed E-state index contributed by atoms with van der Waals surface area (Å²) < 4.78 is 13.4. The van der Waals surface area contributed by atoms with Crippen molar-refractivity contribution >= 4 is 40.7 Å². The van der Waals surface area contributed by atoms with E-state index in [1.165, 1.54) is 12.1 Å². The minimum absolute atomic E-state index is 0.105. The van der Waals surface area contributed by atoms with E-state index in [0.717, 1.165) is 11.1 Å². The molecule has 4 aromatic rings. The Morgan fingerprint density at radius 3 is 2.18 bits per heavy atom. The number of piperazine rings is 1. The van der Waals surface area contributed by atoms with Gasteiger partial charge >= 0.3 is 0 Å². The monoisotopic (exact) mass is 612 g/mol. The molecule has 0 unspecified atom stereocenters. The van der Waals surface area contributed by atoms with Gasteiger partial charge in [0.2, 0.25) is 5.91 Å². The van der Waals surface area contributed by atoms with Crippen molar-refractivity contribution in [3.63, 3.8) is 0 Å². The van der Waals surface area contributed by atoms with Gasteiger partial charge in [-0.15, -0.1) is 0 Å². The van der Waals surface area contributed by atoms with Gasteiger partial charge in [0, 0.05) is 44.1 Å². The molecule has 1 fully saturated rings. The predicted molar refractivity (Wildman–Crippen MR) is 172 cm³/mol. The maximum absolute atomic E-state index is 13.6. The van der Waals surface area contributed by atoms with Crippen molar-refractivity contribution in [3.05, 3.63) is 130 Å². The molecule has 0 spiro atoms. The van der Waals surface area contributed by atoms with Crippen molar-refractivity contribution in [3.8, 4) is 0 Å². The third-order valence-corrected chi connectivity index (χ3v) is 8.15. The van der Waals surface area contributed by atoms with E-state index in [4.69, 9.17) is 11.6 Å². The largest absolute Gasteiger partial charge is 0.367 e. The lowest BCUT2D eigenvalue weighted by Crippen LogP contribution is -2.50. The number of anilines is 2. The minimum Gasteiger partial charge on any atom is -0.367 e. The zero-order valence-electron chi connectivity index (χ0n) is 24.4. The van der Waals surface area contributed by atoms with Crippen LogP contribution in [0.3, 0.4) is 0 Å². The normalized spacial score (nSPS) is 13.7. The minimum atomic E-state index is -0.392. The molecule has 5 rings (SSSR count). The van der Waals surface area contributed by atoms with Crippen LogP contribution >= 0.6 is 11.6 Å². The van der Waals surface area contributed by atoms with Crippen molar-refractivity contribution in [1.82, 2.24) is 10.2 Å². The summed E-state index contributed by atoms with van der Waals surface area (Å²) in [4.78, 5) is 43.9. The highest BCUT2D eigenvalue weighted by atomic mass is 35.5. The predicted octanol–water partition coefficient (Wildman–Crippen LogP) is 6.50. The molecular formula is C35H34ClFN4O3. The van der Waals surface area contributed by atoms with E-state index in [9.17, 15) is 18.8 Å². The molecule has 1 heterocycles. The molecule has 0 saturated carbocycles. The second-order valence-corrected chi connectivity index (χ2v) is 11.1. The zero-order chi connectivity index (χ0) is 31.1. The maximum Gasteiger partial charge on any atom is 0.257 e. The van der Waals surface area contributed by atoms with E-state index < -0.39 is 5.91 Å². The van der Waals surface area contributed by atoms with Crippen LogP contribution in [0.15, 0.2) is 97.1 Å². The summed E-state index contributed by atoms with van der Waals surface area (Å²) in [6.45, 7) is 4.35. The highest BCUT2D eigenvalue weighted by molar-refractivity contribution is 6.34. The smallest absolute Gasteiger partial charge is 0.257 e. The average molecular weight is 613 g/mol. The molecule has 9 heteroatoms. The number of hydrogen-bond acceptors (Lipinski definition) is 4. The molecule has 1 saturated heterocycles. The Bertz CT molecular complexity index is 1620. The number of hydrogen-bond donors (Lipinski definition) is 2. The van der Waals surface area contributed by atoms with Gasteiger partial charge in [0.25, 0.3) is 11.8 Å². The first-order chi connectivity index (χ1) is 21.3. The molecule has 7 nitrogen and oxygen atoms in total. The quantitative estimate of drug-likeness (QED) is 0.226. The van der Waals surface area contributed by atoms with E-state index in [-0.39, 0.29) is 30.1 Å². The second-order valence-electron chi connectivity index (χ2n) is 10.7. The van der Waals surface area contributed by atoms with Crippen molar-refractivity contribution in [2.24, 2.45) is 0 Å². The summed E-state index contributed by atoms with van der Waals surface area (Å²) in [6, 6.07) is 27.7. The van der Waals surface area contributed by atoms with E-state index in [2.05, 4.69) is 15.5 Å². The first-order valence-electron chi connectivity index (χ1n) is 14.6. The molecule has 0 aromatic heterocycles. The molecule has 0 bridgehead atoms. The Kier molecular flexibility index (Phi) is 9.92. The van der Waals surface area contributed by atoms with Crippen LogP contribution in [-0.2, 0) is 11.3 Å². The summed E-state index contributed by atoms with van der Waals surface area (Å²) in [5, 5.41) is 6.08. The van der Waals surface area contributed by atoms with Gasteiger partial charge in [-0.25, -0.2) is 4.39 Å². The molecule has 1 atom stereocenters. The number of amides is 3. The standard InChI is InChI=1S/C35H34ClFN4O3/c1-2-28(25-8-4-3-5-9-25)35(44)41-20-18-40(19-21-41)32-17-16-27(39-34(43)29-10-6-7-11-31(29)36)22-30(32)33(42)38-23-24-12-14-26(37)15-13-24/h3-17,22,28H,2,18-21,23H2,1H3,(H,38,42)(H,39,43)/t28-/m1/s1. The summed E-state index contributed by atoms with van der Waals surface area (Å²) in [7, 11) is 0. The van der Waals surface area contributed by atoms with Crippen LogP contribution in [0.5, 0.6) is 0 Å². The van der Waals surface area contributed by atoms with Gasteiger partial charge in [0.1, 0.15) is 5.82 Å². The van der Waals surface area contributed by atoms with E-state index in [1.54, 1.807) is 48.5 Å². The Morgan fingerprint density at radius 1 is 0.818 bits per heavy atom. The van der Waals surface area contributed by atoms with Gasteiger partial charge in [-0.1, -0.05) is 73.1 Å². The average Bonchev–Trinajstić information content (AvgIpc) is 3.05. The van der Waals surface area contributed by atoms with Crippen molar-refractivity contribution < 1.29 is 18.8 Å². The Labute approximate surface area is 261 Å². The summed E-state index contributed by atoms with van der Waals surface area (Å²) in [6.07, 6.45) is 0.711. The van der Waals surface area contributed by atoms with Gasteiger partial charge in [0.15, 0.2) is 0 Å². The summed E-state index contributed by atoms with van der Waals surface area (Å²) in [5.74, 6) is -1.18. The highest BCUT2D eigenvalue weighted by Gasteiger charge is 2.29. The Morgan fingerprint density at radius 2 is 1.50 bits per heavy atom. The molecule has 44 heavy (non-hydrogen) atoms. The molecule has 1 aliphatic heterocycles. The lowest BCUT2D eigenvalue weighted by atomic mass is 9.94. The van der Waals surface area contributed by atoms with Gasteiger partial charge in [-0.05, 0) is 60.0 Å². The van der Waals surface area contributed by atoms with Crippen molar-refractivity contribution in [1.29, 1.82) is 0 Å². The van der Waals surface area contributed by atoms with Gasteiger partial charge in [0.05, 0.1) is 22.1 Å². The number of nitrogens with zero attached hydrogens (tertiary/aromatic N) is 2. The molecule has 3 amide bonds. The highest BCUT2D eigenvalue weighted by Crippen LogP contribution is 2.28. The van der Waals surface area contributed by atoms with Crippen LogP contribution in [-0.4, -0.2) is 48.8 Å². The Hall–Kier alpha value is -4.69. The Balaban J connectivity index is 1.34. The maximum atomic E-state index is 13.6. The fraction of sp³-hybridized carbons (Fsp3) is 0.229. The third kappa shape index (κ3) is 7.26. The molecule has 1 aliphatic rings. The summed E-state index contributed by atoms with van der Waals surface area (Å²) >= 11 is 6.22. The lowest BCUT2D eigenvalue weighted by Gasteiger charge is -2.38. The first-order valence-corrected chi connectivity index (χ1v) is 15.0. The van der Waals surface area contributed by atoms with Crippen molar-refractivity contribution in [2.45, 2.75) is 25.8 Å². The molecule has 4 aromatic carbocycles. The van der Waals surface area contributed by atoms with Crippen LogP contribution in [0, 0.1) is 5.82 Å². The van der Waals surface area contributed by atoms with Gasteiger partial charge in [-0.2, -0.15) is 0 Å². The van der Waals surface area contributed by atoms with E-state index in [0.29, 0.717) is 60.1 Å². The number of carbonyl (C=O) groups excluding carboxylic acids is 3. The number of benzene rings is 4. The molecule has 0 radical (unpaired) electrons. The van der Waals surface area contributed by atoms with Crippen LogP contribution in [0.2, 0.25) is 5.02 Å².